The normalized spacial score (nSPS) is 22.8. The SMILES string of the molecule is CC1(COc2ccc([N+](=O)[O-])cc2)CC(O)c2ccccc2O1. The van der Waals surface area contributed by atoms with Crippen molar-refractivity contribution in [2.45, 2.75) is 25.0 Å². The van der Waals surface area contributed by atoms with Crippen LogP contribution in [-0.2, 0) is 0 Å². The van der Waals surface area contributed by atoms with Gasteiger partial charge in [-0.15, -0.1) is 0 Å². The lowest BCUT2D eigenvalue weighted by Gasteiger charge is -2.37. The van der Waals surface area contributed by atoms with Gasteiger partial charge in [-0.25, -0.2) is 0 Å². The molecule has 2 aromatic carbocycles. The highest BCUT2D eigenvalue weighted by Crippen LogP contribution is 2.39. The molecule has 0 amide bonds. The molecule has 1 heterocycles. The van der Waals surface area contributed by atoms with Gasteiger partial charge in [-0.05, 0) is 25.1 Å². The molecule has 0 saturated carbocycles. The summed E-state index contributed by atoms with van der Waals surface area (Å²) in [5.74, 6) is 1.18. The fourth-order valence-electron chi connectivity index (χ4n) is 2.66. The lowest BCUT2D eigenvalue weighted by Crippen LogP contribution is -2.43. The lowest BCUT2D eigenvalue weighted by atomic mass is 9.91. The fraction of sp³-hybridized carbons (Fsp3) is 0.294. The highest BCUT2D eigenvalue weighted by molar-refractivity contribution is 5.38. The third kappa shape index (κ3) is 3.27. The van der Waals surface area contributed by atoms with Gasteiger partial charge in [0.2, 0.25) is 0 Å². The zero-order valence-corrected chi connectivity index (χ0v) is 12.6. The second-order valence-electron chi connectivity index (χ2n) is 5.85. The third-order valence-corrected chi connectivity index (χ3v) is 3.85. The molecular formula is C17H17NO5. The van der Waals surface area contributed by atoms with E-state index in [1.54, 1.807) is 12.1 Å². The van der Waals surface area contributed by atoms with Crippen LogP contribution in [0.3, 0.4) is 0 Å². The van der Waals surface area contributed by atoms with Gasteiger partial charge in [0, 0.05) is 24.1 Å². The van der Waals surface area contributed by atoms with Gasteiger partial charge in [-0.2, -0.15) is 0 Å². The third-order valence-electron chi connectivity index (χ3n) is 3.85. The largest absolute Gasteiger partial charge is 0.489 e. The monoisotopic (exact) mass is 315 g/mol. The molecule has 0 bridgehead atoms. The Bertz CT molecular complexity index is 715. The van der Waals surface area contributed by atoms with Gasteiger partial charge in [-0.3, -0.25) is 10.1 Å². The zero-order chi connectivity index (χ0) is 16.4. The van der Waals surface area contributed by atoms with Crippen molar-refractivity contribution in [2.24, 2.45) is 0 Å². The number of aliphatic hydroxyl groups is 1. The van der Waals surface area contributed by atoms with Gasteiger partial charge >= 0.3 is 0 Å². The standard InChI is InChI=1S/C17H17NO5/c1-17(10-15(19)14-4-2-3-5-16(14)23-17)11-22-13-8-6-12(7-9-13)18(20)21/h2-9,15,19H,10-11H2,1H3. The van der Waals surface area contributed by atoms with Crippen LogP contribution in [0.2, 0.25) is 0 Å². The van der Waals surface area contributed by atoms with Gasteiger partial charge in [0.15, 0.2) is 0 Å². The summed E-state index contributed by atoms with van der Waals surface area (Å²) in [4.78, 5) is 10.2. The van der Waals surface area contributed by atoms with Gasteiger partial charge < -0.3 is 14.6 Å². The second kappa shape index (κ2) is 5.89. The van der Waals surface area contributed by atoms with Crippen molar-refractivity contribution < 1.29 is 19.5 Å². The van der Waals surface area contributed by atoms with Crippen LogP contribution < -0.4 is 9.47 Å². The minimum absolute atomic E-state index is 0.0156. The maximum Gasteiger partial charge on any atom is 0.269 e. The molecule has 3 rings (SSSR count). The van der Waals surface area contributed by atoms with E-state index in [2.05, 4.69) is 0 Å². The van der Waals surface area contributed by atoms with Gasteiger partial charge in [-0.1, -0.05) is 18.2 Å². The number of ether oxygens (including phenoxy) is 2. The number of hydrogen-bond acceptors (Lipinski definition) is 5. The summed E-state index contributed by atoms with van der Waals surface area (Å²) in [5.41, 5.74) is 0.123. The topological polar surface area (TPSA) is 81.8 Å². The van der Waals surface area contributed by atoms with E-state index in [9.17, 15) is 15.2 Å². The van der Waals surface area contributed by atoms with Crippen LogP contribution >= 0.6 is 0 Å². The number of aliphatic hydroxyl groups excluding tert-OH is 1. The lowest BCUT2D eigenvalue weighted by molar-refractivity contribution is -0.384. The molecule has 0 aliphatic carbocycles. The predicted octanol–water partition coefficient (Wildman–Crippen LogP) is 3.25. The van der Waals surface area contributed by atoms with Crippen LogP contribution in [0.4, 0.5) is 5.69 Å². The highest BCUT2D eigenvalue weighted by atomic mass is 16.6. The Labute approximate surface area is 133 Å². The van der Waals surface area contributed by atoms with E-state index < -0.39 is 16.6 Å². The summed E-state index contributed by atoms with van der Waals surface area (Å²) in [6.45, 7) is 2.10. The first-order valence-electron chi connectivity index (χ1n) is 7.30. The molecule has 1 N–H and O–H groups in total. The van der Waals surface area contributed by atoms with Gasteiger partial charge in [0.25, 0.3) is 5.69 Å². The molecule has 2 atom stereocenters. The number of nitrogens with zero attached hydrogens (tertiary/aromatic N) is 1. The molecule has 2 unspecified atom stereocenters. The van der Waals surface area contributed by atoms with Gasteiger partial charge in [0.05, 0.1) is 11.0 Å². The molecule has 1 aliphatic heterocycles. The van der Waals surface area contributed by atoms with E-state index in [1.807, 2.05) is 31.2 Å². The summed E-state index contributed by atoms with van der Waals surface area (Å²) < 4.78 is 11.7. The van der Waals surface area contributed by atoms with E-state index in [4.69, 9.17) is 9.47 Å². The zero-order valence-electron chi connectivity index (χ0n) is 12.6. The minimum Gasteiger partial charge on any atom is -0.489 e. The number of non-ortho nitro benzene ring substituents is 1. The summed E-state index contributed by atoms with van der Waals surface area (Å²) in [6.07, 6.45) is -0.192. The Morgan fingerprint density at radius 3 is 2.70 bits per heavy atom. The Morgan fingerprint density at radius 1 is 1.30 bits per heavy atom. The molecule has 2 aromatic rings. The maximum absolute atomic E-state index is 10.6. The Morgan fingerprint density at radius 2 is 2.00 bits per heavy atom. The predicted molar refractivity (Wildman–Crippen MR) is 83.6 cm³/mol. The second-order valence-corrected chi connectivity index (χ2v) is 5.85. The highest BCUT2D eigenvalue weighted by Gasteiger charge is 2.37. The summed E-state index contributed by atoms with van der Waals surface area (Å²) in [6, 6.07) is 13.3. The Hall–Kier alpha value is -2.60. The van der Waals surface area contributed by atoms with E-state index in [-0.39, 0.29) is 12.3 Å². The van der Waals surface area contributed by atoms with Crippen LogP contribution in [0.1, 0.15) is 25.0 Å². The molecule has 0 aromatic heterocycles. The molecule has 6 nitrogen and oxygen atoms in total. The first-order chi connectivity index (χ1) is 11.0. The molecule has 0 spiro atoms. The molecule has 1 aliphatic rings. The van der Waals surface area contributed by atoms with E-state index in [1.165, 1.54) is 12.1 Å². The average Bonchev–Trinajstić information content (AvgIpc) is 2.53. The number of hydrogen-bond donors (Lipinski definition) is 1. The summed E-state index contributed by atoms with van der Waals surface area (Å²) in [7, 11) is 0. The average molecular weight is 315 g/mol. The molecule has 0 saturated heterocycles. The molecule has 23 heavy (non-hydrogen) atoms. The summed E-state index contributed by atoms with van der Waals surface area (Å²) in [5, 5.41) is 20.9. The van der Waals surface area contributed by atoms with Crippen LogP contribution in [0.15, 0.2) is 48.5 Å². The number of benzene rings is 2. The quantitative estimate of drug-likeness (QED) is 0.692. The first-order valence-corrected chi connectivity index (χ1v) is 7.30. The number of fused-ring (bicyclic) bond motifs is 1. The number of nitro groups is 1. The Kier molecular flexibility index (Phi) is 3.92. The van der Waals surface area contributed by atoms with E-state index in [0.717, 1.165) is 5.56 Å². The van der Waals surface area contributed by atoms with Crippen molar-refractivity contribution >= 4 is 5.69 Å². The molecule has 6 heteroatoms. The molecular weight excluding hydrogens is 298 g/mol. The van der Waals surface area contributed by atoms with Gasteiger partial charge in [0.1, 0.15) is 23.7 Å². The number of para-hydroxylation sites is 1. The van der Waals surface area contributed by atoms with Crippen molar-refractivity contribution in [1.82, 2.24) is 0 Å². The number of rotatable bonds is 4. The van der Waals surface area contributed by atoms with Crippen LogP contribution in [-0.4, -0.2) is 22.2 Å². The summed E-state index contributed by atoms with van der Waals surface area (Å²) >= 11 is 0. The van der Waals surface area contributed by atoms with E-state index in [0.29, 0.717) is 17.9 Å². The molecule has 120 valence electrons. The minimum atomic E-state index is -0.671. The first kappa shape index (κ1) is 15.3. The number of nitro benzene ring substituents is 1. The van der Waals surface area contributed by atoms with Crippen molar-refractivity contribution in [3.05, 3.63) is 64.2 Å². The van der Waals surface area contributed by atoms with Crippen LogP contribution in [0.25, 0.3) is 0 Å². The van der Waals surface area contributed by atoms with Crippen LogP contribution in [0, 0.1) is 10.1 Å². The fourth-order valence-corrected chi connectivity index (χ4v) is 2.66. The van der Waals surface area contributed by atoms with Crippen molar-refractivity contribution in [2.75, 3.05) is 6.61 Å². The van der Waals surface area contributed by atoms with Crippen molar-refractivity contribution in [3.63, 3.8) is 0 Å². The maximum atomic E-state index is 10.6. The van der Waals surface area contributed by atoms with E-state index >= 15 is 0 Å². The van der Waals surface area contributed by atoms with Crippen molar-refractivity contribution in [3.8, 4) is 11.5 Å². The smallest absolute Gasteiger partial charge is 0.269 e. The Balaban J connectivity index is 1.69. The molecule has 0 fully saturated rings. The van der Waals surface area contributed by atoms with Crippen molar-refractivity contribution in [1.29, 1.82) is 0 Å². The van der Waals surface area contributed by atoms with Crippen LogP contribution in [0.5, 0.6) is 11.5 Å². The molecule has 0 radical (unpaired) electrons.